The molecule has 3 N–H and O–H groups in total. The number of amides is 1. The molecule has 4 nitrogen and oxygen atoms in total. The van der Waals surface area contributed by atoms with E-state index in [0.717, 1.165) is 10.6 Å². The van der Waals surface area contributed by atoms with Crippen LogP contribution in [0.3, 0.4) is 0 Å². The topological polar surface area (TPSA) is 58.4 Å². The van der Waals surface area contributed by atoms with Gasteiger partial charge < -0.3 is 11.1 Å². The van der Waals surface area contributed by atoms with Gasteiger partial charge in [0.1, 0.15) is 0 Å². The number of nitrogens with zero attached hydrogens (tertiary/aromatic N) is 1. The second-order valence-corrected chi connectivity index (χ2v) is 6.78. The Morgan fingerprint density at radius 3 is 2.76 bits per heavy atom. The monoisotopic (exact) mass is 307 g/mol. The fourth-order valence-electron chi connectivity index (χ4n) is 2.60. The first kappa shape index (κ1) is 16.2. The third-order valence-electron chi connectivity index (χ3n) is 3.84. The van der Waals surface area contributed by atoms with Crippen LogP contribution in [0.15, 0.2) is 23.1 Å². The number of nitrogen functional groups attached to an aromatic ring is 1. The summed E-state index contributed by atoms with van der Waals surface area (Å²) >= 11 is 1.82. The Bertz CT molecular complexity index is 486. The highest BCUT2D eigenvalue weighted by molar-refractivity contribution is 7.99. The van der Waals surface area contributed by atoms with Crippen LogP contribution in [-0.2, 0) is 4.79 Å². The van der Waals surface area contributed by atoms with Crippen molar-refractivity contribution in [3.63, 3.8) is 0 Å². The normalized spacial score (nSPS) is 17.4. The van der Waals surface area contributed by atoms with Gasteiger partial charge in [0.2, 0.25) is 5.91 Å². The van der Waals surface area contributed by atoms with Crippen LogP contribution in [0, 0.1) is 0 Å². The molecule has 0 aliphatic carbocycles. The number of piperidine rings is 1. The molecule has 0 radical (unpaired) electrons. The lowest BCUT2D eigenvalue weighted by Crippen LogP contribution is -2.38. The molecule has 0 spiro atoms. The molecule has 5 heteroatoms. The Kier molecular flexibility index (Phi) is 5.94. The van der Waals surface area contributed by atoms with Crippen LogP contribution >= 0.6 is 11.8 Å². The number of rotatable bonds is 5. The van der Waals surface area contributed by atoms with Crippen LogP contribution in [-0.4, -0.2) is 35.7 Å². The second kappa shape index (κ2) is 7.71. The van der Waals surface area contributed by atoms with Crippen molar-refractivity contribution in [3.05, 3.63) is 18.2 Å². The lowest BCUT2D eigenvalue weighted by Gasteiger charge is -2.32. The number of nitrogens with one attached hydrogen (secondary N) is 1. The van der Waals surface area contributed by atoms with E-state index < -0.39 is 0 Å². The molecule has 1 aromatic rings. The fourth-order valence-corrected chi connectivity index (χ4v) is 3.61. The number of benzene rings is 1. The molecule has 1 amide bonds. The lowest BCUT2D eigenvalue weighted by atomic mass is 10.1. The third kappa shape index (κ3) is 4.93. The molecule has 116 valence electrons. The Morgan fingerprint density at radius 1 is 1.38 bits per heavy atom. The van der Waals surface area contributed by atoms with Crippen LogP contribution in [0.25, 0.3) is 0 Å². The Morgan fingerprint density at radius 2 is 2.10 bits per heavy atom. The van der Waals surface area contributed by atoms with Crippen LogP contribution < -0.4 is 11.1 Å². The number of carbonyl (C=O) groups is 1. The summed E-state index contributed by atoms with van der Waals surface area (Å²) in [6, 6.07) is 6.43. The Hall–Kier alpha value is -1.20. The van der Waals surface area contributed by atoms with E-state index in [9.17, 15) is 4.79 Å². The van der Waals surface area contributed by atoms with Crippen molar-refractivity contribution < 1.29 is 4.79 Å². The maximum Gasteiger partial charge on any atom is 0.221 e. The van der Waals surface area contributed by atoms with Gasteiger partial charge in [0.15, 0.2) is 0 Å². The lowest BCUT2D eigenvalue weighted by molar-refractivity contribution is -0.114. The number of thioether (sulfide) groups is 1. The smallest absolute Gasteiger partial charge is 0.221 e. The van der Waals surface area contributed by atoms with Crippen LogP contribution in [0.4, 0.5) is 11.4 Å². The van der Waals surface area contributed by atoms with Gasteiger partial charge in [-0.15, -0.1) is 11.8 Å². The van der Waals surface area contributed by atoms with Gasteiger partial charge in [-0.1, -0.05) is 6.42 Å². The minimum atomic E-state index is -0.0921. The summed E-state index contributed by atoms with van der Waals surface area (Å²) in [6.07, 6.45) is 4.02. The van der Waals surface area contributed by atoms with Gasteiger partial charge in [-0.05, 0) is 51.1 Å². The van der Waals surface area contributed by atoms with E-state index >= 15 is 0 Å². The van der Waals surface area contributed by atoms with Gasteiger partial charge in [-0.25, -0.2) is 0 Å². The van der Waals surface area contributed by atoms with E-state index in [1.54, 1.807) is 0 Å². The van der Waals surface area contributed by atoms with Gasteiger partial charge in [-0.3, -0.25) is 9.69 Å². The van der Waals surface area contributed by atoms with Crippen LogP contribution in [0.5, 0.6) is 0 Å². The summed E-state index contributed by atoms with van der Waals surface area (Å²) in [5.74, 6) is 0.967. The molecule has 0 aromatic heterocycles. The minimum absolute atomic E-state index is 0.0921. The van der Waals surface area contributed by atoms with E-state index in [4.69, 9.17) is 5.73 Å². The summed E-state index contributed by atoms with van der Waals surface area (Å²) in [6.45, 7) is 6.24. The zero-order valence-electron chi connectivity index (χ0n) is 12.9. The molecule has 1 heterocycles. The van der Waals surface area contributed by atoms with Gasteiger partial charge >= 0.3 is 0 Å². The van der Waals surface area contributed by atoms with Crippen molar-refractivity contribution in [1.82, 2.24) is 4.90 Å². The molecule has 1 fully saturated rings. The Labute approximate surface area is 131 Å². The average Bonchev–Trinajstić information content (AvgIpc) is 2.48. The average molecular weight is 307 g/mol. The van der Waals surface area contributed by atoms with Crippen molar-refractivity contribution in [1.29, 1.82) is 0 Å². The summed E-state index contributed by atoms with van der Waals surface area (Å²) in [5.41, 5.74) is 7.19. The molecular weight excluding hydrogens is 282 g/mol. The second-order valence-electron chi connectivity index (χ2n) is 5.69. The molecule has 2 rings (SSSR count). The molecule has 1 aliphatic heterocycles. The van der Waals surface area contributed by atoms with E-state index in [1.807, 2.05) is 30.0 Å². The van der Waals surface area contributed by atoms with Gasteiger partial charge in [0.25, 0.3) is 0 Å². The van der Waals surface area contributed by atoms with Crippen molar-refractivity contribution >= 4 is 29.0 Å². The summed E-state index contributed by atoms with van der Waals surface area (Å²) in [5, 5.41) is 2.78. The van der Waals surface area contributed by atoms with Crippen LogP contribution in [0.2, 0.25) is 0 Å². The minimum Gasteiger partial charge on any atom is -0.397 e. The number of hydrogen-bond donors (Lipinski definition) is 2. The fraction of sp³-hybridized carbons (Fsp3) is 0.562. The predicted octanol–water partition coefficient (Wildman–Crippen LogP) is 3.19. The largest absolute Gasteiger partial charge is 0.397 e. The summed E-state index contributed by atoms with van der Waals surface area (Å²) < 4.78 is 0. The molecule has 1 aromatic carbocycles. The molecule has 0 saturated carbocycles. The highest BCUT2D eigenvalue weighted by Crippen LogP contribution is 2.28. The highest BCUT2D eigenvalue weighted by Gasteiger charge is 2.16. The molecule has 1 unspecified atom stereocenters. The third-order valence-corrected chi connectivity index (χ3v) is 5.08. The van der Waals surface area contributed by atoms with Gasteiger partial charge in [-0.2, -0.15) is 0 Å². The first-order valence-electron chi connectivity index (χ1n) is 7.60. The van der Waals surface area contributed by atoms with Crippen molar-refractivity contribution in [2.45, 2.75) is 44.0 Å². The number of hydrogen-bond acceptors (Lipinski definition) is 4. The SMILES string of the molecule is CC(=O)Nc1cc(SCC(C)N2CCCCC2)ccc1N. The van der Waals surface area contributed by atoms with E-state index in [0.29, 0.717) is 17.4 Å². The molecule has 0 bridgehead atoms. The first-order valence-corrected chi connectivity index (χ1v) is 8.59. The first-order chi connectivity index (χ1) is 10.1. The predicted molar refractivity (Wildman–Crippen MR) is 90.8 cm³/mol. The standard InChI is InChI=1S/C16H25N3OS/c1-12(19-8-4-3-5-9-19)11-21-14-6-7-15(17)16(10-14)18-13(2)20/h6-7,10,12H,3-5,8-9,11,17H2,1-2H3,(H,18,20). The number of carbonyl (C=O) groups excluding carboxylic acids is 1. The summed E-state index contributed by atoms with van der Waals surface area (Å²) in [4.78, 5) is 14.9. The zero-order chi connectivity index (χ0) is 15.2. The zero-order valence-corrected chi connectivity index (χ0v) is 13.7. The molecular formula is C16H25N3OS. The highest BCUT2D eigenvalue weighted by atomic mass is 32.2. The molecule has 1 aliphatic rings. The van der Waals surface area contributed by atoms with Crippen molar-refractivity contribution in [2.75, 3.05) is 29.9 Å². The molecule has 1 saturated heterocycles. The molecule has 1 atom stereocenters. The van der Waals surface area contributed by atoms with Gasteiger partial charge in [0.05, 0.1) is 11.4 Å². The van der Waals surface area contributed by atoms with E-state index in [2.05, 4.69) is 17.1 Å². The van der Waals surface area contributed by atoms with Crippen LogP contribution in [0.1, 0.15) is 33.1 Å². The van der Waals surface area contributed by atoms with E-state index in [1.165, 1.54) is 39.3 Å². The van der Waals surface area contributed by atoms with Crippen molar-refractivity contribution in [3.8, 4) is 0 Å². The number of likely N-dealkylation sites (tertiary alicyclic amines) is 1. The van der Waals surface area contributed by atoms with E-state index in [-0.39, 0.29) is 5.91 Å². The molecule has 21 heavy (non-hydrogen) atoms. The number of nitrogens with two attached hydrogens (primary N) is 1. The van der Waals surface area contributed by atoms with Crippen molar-refractivity contribution in [2.24, 2.45) is 0 Å². The maximum atomic E-state index is 11.2. The van der Waals surface area contributed by atoms with Gasteiger partial charge in [0, 0.05) is 23.6 Å². The summed E-state index contributed by atoms with van der Waals surface area (Å²) in [7, 11) is 0. The number of anilines is 2. The maximum absolute atomic E-state index is 11.2. The quantitative estimate of drug-likeness (QED) is 0.648. The Balaban J connectivity index is 1.91.